The van der Waals surface area contributed by atoms with E-state index in [0.717, 1.165) is 16.7 Å². The Bertz CT molecular complexity index is 695. The first-order valence-electron chi connectivity index (χ1n) is 7.06. The number of ether oxygens (including phenoxy) is 1. The zero-order chi connectivity index (χ0) is 17.1. The van der Waals surface area contributed by atoms with Crippen LogP contribution in [-0.2, 0) is 0 Å². The molecule has 0 fully saturated rings. The van der Waals surface area contributed by atoms with Crippen molar-refractivity contribution in [3.8, 4) is 11.5 Å². The Labute approximate surface area is 151 Å². The van der Waals surface area contributed by atoms with E-state index >= 15 is 0 Å². The lowest BCUT2D eigenvalue weighted by atomic mass is 9.92. The van der Waals surface area contributed by atoms with Crippen molar-refractivity contribution < 1.29 is 9.84 Å². The monoisotopic (exact) mass is 370 g/mol. The van der Waals surface area contributed by atoms with Gasteiger partial charge in [-0.2, -0.15) is 0 Å². The number of rotatable bonds is 5. The lowest BCUT2D eigenvalue weighted by Gasteiger charge is -2.17. The van der Waals surface area contributed by atoms with Crippen LogP contribution in [0, 0.1) is 6.92 Å². The summed E-state index contributed by atoms with van der Waals surface area (Å²) in [5.41, 5.74) is 2.85. The fourth-order valence-electron chi connectivity index (χ4n) is 2.36. The van der Waals surface area contributed by atoms with Crippen LogP contribution in [0.2, 0.25) is 15.1 Å². The molecule has 1 N–H and O–H groups in total. The third kappa shape index (κ3) is 3.95. The minimum atomic E-state index is -0.105. The molecule has 2 aromatic rings. The van der Waals surface area contributed by atoms with E-state index in [1.165, 1.54) is 0 Å². The molecule has 2 aromatic carbocycles. The van der Waals surface area contributed by atoms with Gasteiger partial charge in [-0.1, -0.05) is 60.4 Å². The van der Waals surface area contributed by atoms with E-state index in [1.807, 2.05) is 26.0 Å². The SMILES string of the molecule is C=CCOc1c(C)cc(C(C)c2cc(Cl)c(O)c(Cl)c2)cc1Cl. The Balaban J connectivity index is 2.40. The van der Waals surface area contributed by atoms with Crippen molar-refractivity contribution in [1.29, 1.82) is 0 Å². The Morgan fingerprint density at radius 3 is 2.13 bits per heavy atom. The largest absolute Gasteiger partial charge is 0.505 e. The maximum atomic E-state index is 9.68. The second kappa shape index (κ2) is 7.48. The lowest BCUT2D eigenvalue weighted by molar-refractivity contribution is 0.360. The van der Waals surface area contributed by atoms with Crippen molar-refractivity contribution in [1.82, 2.24) is 0 Å². The first-order valence-corrected chi connectivity index (χ1v) is 8.20. The number of aromatic hydroxyl groups is 1. The predicted molar refractivity (Wildman–Crippen MR) is 97.5 cm³/mol. The summed E-state index contributed by atoms with van der Waals surface area (Å²) in [7, 11) is 0. The van der Waals surface area contributed by atoms with Gasteiger partial charge in [0.25, 0.3) is 0 Å². The molecule has 0 aliphatic heterocycles. The molecule has 122 valence electrons. The lowest BCUT2D eigenvalue weighted by Crippen LogP contribution is -2.01. The molecule has 2 rings (SSSR count). The number of benzene rings is 2. The van der Waals surface area contributed by atoms with Crippen molar-refractivity contribution >= 4 is 34.8 Å². The second-order valence-corrected chi connectivity index (χ2v) is 6.52. The van der Waals surface area contributed by atoms with Crippen LogP contribution in [-0.4, -0.2) is 11.7 Å². The highest BCUT2D eigenvalue weighted by Gasteiger charge is 2.16. The minimum absolute atomic E-state index is 0.00949. The molecule has 1 atom stereocenters. The zero-order valence-corrected chi connectivity index (χ0v) is 15.1. The van der Waals surface area contributed by atoms with E-state index in [2.05, 4.69) is 6.58 Å². The van der Waals surface area contributed by atoms with Gasteiger partial charge in [0.2, 0.25) is 0 Å². The number of hydrogen-bond acceptors (Lipinski definition) is 2. The topological polar surface area (TPSA) is 29.5 Å². The van der Waals surface area contributed by atoms with Gasteiger partial charge in [0.15, 0.2) is 5.75 Å². The van der Waals surface area contributed by atoms with Crippen LogP contribution in [0.1, 0.15) is 29.5 Å². The highest BCUT2D eigenvalue weighted by molar-refractivity contribution is 6.37. The molecule has 0 aromatic heterocycles. The summed E-state index contributed by atoms with van der Waals surface area (Å²) in [5.74, 6) is 0.561. The summed E-state index contributed by atoms with van der Waals surface area (Å²) < 4.78 is 5.59. The molecule has 0 radical (unpaired) electrons. The van der Waals surface area contributed by atoms with Gasteiger partial charge in [-0.25, -0.2) is 0 Å². The van der Waals surface area contributed by atoms with Crippen molar-refractivity contribution in [2.45, 2.75) is 19.8 Å². The van der Waals surface area contributed by atoms with Crippen molar-refractivity contribution in [3.05, 3.63) is 68.7 Å². The van der Waals surface area contributed by atoms with Gasteiger partial charge in [-0.3, -0.25) is 0 Å². The maximum absolute atomic E-state index is 9.68. The molecule has 0 saturated heterocycles. The number of phenols is 1. The first kappa shape index (κ1) is 18.0. The third-order valence-electron chi connectivity index (χ3n) is 3.64. The van der Waals surface area contributed by atoms with Crippen molar-refractivity contribution in [3.63, 3.8) is 0 Å². The molecule has 0 aliphatic carbocycles. The fraction of sp³-hybridized carbons (Fsp3) is 0.222. The molecule has 0 heterocycles. The Morgan fingerprint density at radius 2 is 1.61 bits per heavy atom. The molecular formula is C18H17Cl3O2. The normalized spacial score (nSPS) is 12.0. The predicted octanol–water partition coefficient (Wildman–Crippen LogP) is 6.38. The van der Waals surface area contributed by atoms with E-state index in [4.69, 9.17) is 39.5 Å². The molecule has 0 amide bonds. The molecule has 0 aliphatic rings. The molecular weight excluding hydrogens is 355 g/mol. The number of phenolic OH excluding ortho intramolecular Hbond substituents is 1. The summed E-state index contributed by atoms with van der Waals surface area (Å²) in [5, 5.41) is 10.7. The van der Waals surface area contributed by atoms with Crippen LogP contribution >= 0.6 is 34.8 Å². The molecule has 5 heteroatoms. The Kier molecular flexibility index (Phi) is 5.85. The summed E-state index contributed by atoms with van der Waals surface area (Å²) in [6, 6.07) is 7.30. The van der Waals surface area contributed by atoms with Crippen molar-refractivity contribution in [2.24, 2.45) is 0 Å². The maximum Gasteiger partial charge on any atom is 0.152 e. The van der Waals surface area contributed by atoms with Gasteiger partial charge in [0.1, 0.15) is 12.4 Å². The molecule has 2 nitrogen and oxygen atoms in total. The van der Waals surface area contributed by atoms with Crippen LogP contribution < -0.4 is 4.74 Å². The van der Waals surface area contributed by atoms with Gasteiger partial charge in [-0.05, 0) is 41.8 Å². The van der Waals surface area contributed by atoms with Gasteiger partial charge in [-0.15, -0.1) is 0 Å². The summed E-state index contributed by atoms with van der Waals surface area (Å²) >= 11 is 18.3. The summed E-state index contributed by atoms with van der Waals surface area (Å²) in [6.07, 6.45) is 1.67. The highest BCUT2D eigenvalue weighted by atomic mass is 35.5. The molecule has 23 heavy (non-hydrogen) atoms. The standard InChI is InChI=1S/C18H17Cl3O2/c1-4-5-23-18-10(2)6-12(9-16(18)21)11(3)13-7-14(19)17(22)15(20)8-13/h4,6-9,11,22H,1,5H2,2-3H3. The smallest absolute Gasteiger partial charge is 0.152 e. The average molecular weight is 372 g/mol. The van der Waals surface area contributed by atoms with Crippen LogP contribution in [0.15, 0.2) is 36.9 Å². The summed E-state index contributed by atoms with van der Waals surface area (Å²) in [4.78, 5) is 0. The van der Waals surface area contributed by atoms with Crippen LogP contribution in [0.5, 0.6) is 11.5 Å². The first-order chi connectivity index (χ1) is 10.8. The number of halogens is 3. The second-order valence-electron chi connectivity index (χ2n) is 5.30. The van der Waals surface area contributed by atoms with E-state index in [1.54, 1.807) is 18.2 Å². The van der Waals surface area contributed by atoms with Crippen molar-refractivity contribution in [2.75, 3.05) is 6.61 Å². The summed E-state index contributed by atoms with van der Waals surface area (Å²) in [6.45, 7) is 8.00. The van der Waals surface area contributed by atoms with Gasteiger partial charge in [0.05, 0.1) is 15.1 Å². The minimum Gasteiger partial charge on any atom is -0.505 e. The molecule has 0 bridgehead atoms. The highest BCUT2D eigenvalue weighted by Crippen LogP contribution is 2.39. The molecule has 1 unspecified atom stereocenters. The average Bonchev–Trinajstić information content (AvgIpc) is 2.50. The van der Waals surface area contributed by atoms with Crippen LogP contribution in [0.25, 0.3) is 0 Å². The Morgan fingerprint density at radius 1 is 1.09 bits per heavy atom. The van der Waals surface area contributed by atoms with E-state index < -0.39 is 0 Å². The number of hydrogen-bond donors (Lipinski definition) is 1. The van der Waals surface area contributed by atoms with Crippen LogP contribution in [0.4, 0.5) is 0 Å². The zero-order valence-electron chi connectivity index (χ0n) is 12.9. The number of aryl methyl sites for hydroxylation is 1. The van der Waals surface area contributed by atoms with Gasteiger partial charge >= 0.3 is 0 Å². The fourth-order valence-corrected chi connectivity index (χ4v) is 3.19. The van der Waals surface area contributed by atoms with E-state index in [-0.39, 0.29) is 21.7 Å². The Hall–Kier alpha value is -1.35. The third-order valence-corrected chi connectivity index (χ3v) is 4.49. The van der Waals surface area contributed by atoms with Gasteiger partial charge < -0.3 is 9.84 Å². The molecule has 0 saturated carbocycles. The van der Waals surface area contributed by atoms with Crippen LogP contribution in [0.3, 0.4) is 0 Å². The van der Waals surface area contributed by atoms with Gasteiger partial charge in [0, 0.05) is 5.92 Å². The quantitative estimate of drug-likeness (QED) is 0.618. The van der Waals surface area contributed by atoms with E-state index in [0.29, 0.717) is 17.4 Å². The molecule has 0 spiro atoms. The van der Waals surface area contributed by atoms with E-state index in [9.17, 15) is 5.11 Å².